The van der Waals surface area contributed by atoms with Crippen molar-refractivity contribution in [2.75, 3.05) is 19.8 Å². The van der Waals surface area contributed by atoms with E-state index in [0.717, 1.165) is 25.7 Å². The second kappa shape index (κ2) is 9.78. The van der Waals surface area contributed by atoms with Crippen molar-refractivity contribution in [3.8, 4) is 0 Å². The monoisotopic (exact) mass is 274 g/mol. The highest BCUT2D eigenvalue weighted by Gasteiger charge is 2.43. The van der Waals surface area contributed by atoms with Crippen LogP contribution in [0.25, 0.3) is 0 Å². The van der Waals surface area contributed by atoms with Gasteiger partial charge in [-0.25, -0.2) is 0 Å². The van der Waals surface area contributed by atoms with Gasteiger partial charge in [-0.15, -0.1) is 0 Å². The van der Waals surface area contributed by atoms with Gasteiger partial charge in [0.05, 0.1) is 13.2 Å². The van der Waals surface area contributed by atoms with Crippen LogP contribution in [0.3, 0.4) is 0 Å². The fourth-order valence-corrected chi connectivity index (χ4v) is 1.81. The van der Waals surface area contributed by atoms with E-state index in [2.05, 4.69) is 0 Å². The predicted molar refractivity (Wildman–Crippen MR) is 71.5 cm³/mol. The maximum Gasteiger partial charge on any atom is 0.323 e. The molecule has 0 saturated carbocycles. The molecule has 0 aliphatic rings. The molecule has 0 spiro atoms. The van der Waals surface area contributed by atoms with E-state index in [9.17, 15) is 9.59 Å². The van der Waals surface area contributed by atoms with Gasteiger partial charge in [-0.1, -0.05) is 19.3 Å². The smallest absolute Gasteiger partial charge is 0.323 e. The Hall–Kier alpha value is -1.10. The predicted octanol–water partition coefficient (Wildman–Crippen LogP) is 2.06. The first kappa shape index (κ1) is 17.9. The summed E-state index contributed by atoms with van der Waals surface area (Å²) in [6.07, 6.45) is 3.65. The molecule has 0 saturated heterocycles. The zero-order valence-corrected chi connectivity index (χ0v) is 12.2. The van der Waals surface area contributed by atoms with E-state index in [1.165, 1.54) is 0 Å². The maximum atomic E-state index is 11.9. The first-order valence-corrected chi connectivity index (χ1v) is 6.98. The molecule has 19 heavy (non-hydrogen) atoms. The summed E-state index contributed by atoms with van der Waals surface area (Å²) < 4.78 is 9.95. The number of unbranched alkanes of at least 4 members (excludes halogenated alkanes) is 3. The number of esters is 2. The van der Waals surface area contributed by atoms with Crippen LogP contribution in [0.1, 0.15) is 52.9 Å². The molecule has 112 valence electrons. The van der Waals surface area contributed by atoms with E-state index < -0.39 is 17.4 Å². The Bertz CT molecular complexity index is 257. The molecule has 5 heteroatoms. The van der Waals surface area contributed by atoms with Gasteiger partial charge in [0, 0.05) is 6.61 Å². The molecule has 0 aromatic rings. The van der Waals surface area contributed by atoms with Crippen LogP contribution in [0.15, 0.2) is 0 Å². The Morgan fingerprint density at radius 1 is 0.947 bits per heavy atom. The highest BCUT2D eigenvalue weighted by Crippen LogP contribution is 2.28. The summed E-state index contributed by atoms with van der Waals surface area (Å²) in [4.78, 5) is 23.9. The number of hydrogen-bond donors (Lipinski definition) is 1. The molecule has 0 aliphatic carbocycles. The molecule has 0 radical (unpaired) electrons. The van der Waals surface area contributed by atoms with Crippen molar-refractivity contribution in [3.05, 3.63) is 0 Å². The van der Waals surface area contributed by atoms with Crippen LogP contribution >= 0.6 is 0 Å². The van der Waals surface area contributed by atoms with Crippen LogP contribution in [0.5, 0.6) is 0 Å². The van der Waals surface area contributed by atoms with Gasteiger partial charge < -0.3 is 14.6 Å². The summed E-state index contributed by atoms with van der Waals surface area (Å²) in [5, 5.41) is 8.69. The number of carbonyl (C=O) groups excluding carboxylic acids is 2. The van der Waals surface area contributed by atoms with Gasteiger partial charge in [-0.05, 0) is 33.6 Å². The van der Waals surface area contributed by atoms with Crippen molar-refractivity contribution in [2.24, 2.45) is 5.41 Å². The minimum Gasteiger partial charge on any atom is -0.465 e. The Labute approximate surface area is 115 Å². The second-order valence-corrected chi connectivity index (χ2v) is 4.66. The van der Waals surface area contributed by atoms with Crippen LogP contribution in [-0.2, 0) is 19.1 Å². The van der Waals surface area contributed by atoms with Gasteiger partial charge in [-0.2, -0.15) is 0 Å². The van der Waals surface area contributed by atoms with Gasteiger partial charge in [0.15, 0.2) is 5.41 Å². The van der Waals surface area contributed by atoms with E-state index in [-0.39, 0.29) is 19.8 Å². The van der Waals surface area contributed by atoms with Gasteiger partial charge in [0.2, 0.25) is 0 Å². The molecule has 1 N–H and O–H groups in total. The van der Waals surface area contributed by atoms with Crippen molar-refractivity contribution >= 4 is 11.9 Å². The van der Waals surface area contributed by atoms with Crippen LogP contribution in [-0.4, -0.2) is 36.9 Å². The Morgan fingerprint density at radius 3 is 1.84 bits per heavy atom. The van der Waals surface area contributed by atoms with E-state index >= 15 is 0 Å². The molecular formula is C14H26O5. The van der Waals surface area contributed by atoms with Gasteiger partial charge in [0.1, 0.15) is 0 Å². The third-order valence-electron chi connectivity index (χ3n) is 3.04. The lowest BCUT2D eigenvalue weighted by atomic mass is 9.84. The molecule has 0 heterocycles. The average molecular weight is 274 g/mol. The third-order valence-corrected chi connectivity index (χ3v) is 3.04. The highest BCUT2D eigenvalue weighted by molar-refractivity contribution is 5.99. The van der Waals surface area contributed by atoms with Crippen molar-refractivity contribution in [3.63, 3.8) is 0 Å². The second-order valence-electron chi connectivity index (χ2n) is 4.66. The molecule has 0 bridgehead atoms. The quantitative estimate of drug-likeness (QED) is 0.375. The summed E-state index contributed by atoms with van der Waals surface area (Å²) in [6, 6.07) is 0. The Kier molecular flexibility index (Phi) is 9.21. The van der Waals surface area contributed by atoms with Crippen molar-refractivity contribution in [1.29, 1.82) is 0 Å². The van der Waals surface area contributed by atoms with Crippen LogP contribution in [0.2, 0.25) is 0 Å². The molecule has 0 aliphatic heterocycles. The number of aliphatic hydroxyl groups is 1. The lowest BCUT2D eigenvalue weighted by Crippen LogP contribution is -2.39. The number of rotatable bonds is 10. The molecule has 0 fully saturated rings. The van der Waals surface area contributed by atoms with E-state index in [1.807, 2.05) is 0 Å². The maximum absolute atomic E-state index is 11.9. The molecule has 0 amide bonds. The topological polar surface area (TPSA) is 72.8 Å². The van der Waals surface area contributed by atoms with Gasteiger partial charge >= 0.3 is 11.9 Å². The lowest BCUT2D eigenvalue weighted by molar-refractivity contribution is -0.171. The van der Waals surface area contributed by atoms with Crippen molar-refractivity contribution < 1.29 is 24.2 Å². The number of hydrogen-bond acceptors (Lipinski definition) is 5. The SMILES string of the molecule is CCOC(=O)C(C)(CCCCCCO)C(=O)OCC. The summed E-state index contributed by atoms with van der Waals surface area (Å²) in [5.74, 6) is -1.04. The Morgan fingerprint density at radius 2 is 1.42 bits per heavy atom. The zero-order chi connectivity index (χ0) is 14.7. The summed E-state index contributed by atoms with van der Waals surface area (Å²) in [6.45, 7) is 5.67. The molecule has 0 rings (SSSR count). The summed E-state index contributed by atoms with van der Waals surface area (Å²) in [5.41, 5.74) is -1.22. The van der Waals surface area contributed by atoms with Crippen molar-refractivity contribution in [1.82, 2.24) is 0 Å². The van der Waals surface area contributed by atoms with Gasteiger partial charge in [0.25, 0.3) is 0 Å². The summed E-state index contributed by atoms with van der Waals surface area (Å²) in [7, 11) is 0. The van der Waals surface area contributed by atoms with E-state index in [1.54, 1.807) is 20.8 Å². The molecule has 0 unspecified atom stereocenters. The highest BCUT2D eigenvalue weighted by atomic mass is 16.6. The molecular weight excluding hydrogens is 248 g/mol. The van der Waals surface area contributed by atoms with Crippen LogP contribution < -0.4 is 0 Å². The number of aliphatic hydroxyl groups excluding tert-OH is 1. The number of ether oxygens (including phenoxy) is 2. The van der Waals surface area contributed by atoms with Crippen LogP contribution in [0.4, 0.5) is 0 Å². The normalized spacial score (nSPS) is 11.2. The molecule has 0 atom stereocenters. The minimum atomic E-state index is -1.22. The first-order chi connectivity index (χ1) is 9.02. The Balaban J connectivity index is 4.49. The minimum absolute atomic E-state index is 0.174. The molecule has 0 aromatic heterocycles. The largest absolute Gasteiger partial charge is 0.465 e. The molecule has 0 aromatic carbocycles. The fourth-order valence-electron chi connectivity index (χ4n) is 1.81. The number of carbonyl (C=O) groups is 2. The average Bonchev–Trinajstić information content (AvgIpc) is 2.38. The van der Waals surface area contributed by atoms with E-state index in [0.29, 0.717) is 6.42 Å². The standard InChI is InChI=1S/C14H26O5/c1-4-18-12(16)14(3,13(17)19-5-2)10-8-6-7-9-11-15/h15H,4-11H2,1-3H3. The van der Waals surface area contributed by atoms with Gasteiger partial charge in [-0.3, -0.25) is 9.59 Å². The van der Waals surface area contributed by atoms with Crippen LogP contribution in [0, 0.1) is 5.41 Å². The summed E-state index contributed by atoms with van der Waals surface area (Å²) >= 11 is 0. The lowest BCUT2D eigenvalue weighted by Gasteiger charge is -2.24. The van der Waals surface area contributed by atoms with Crippen molar-refractivity contribution in [2.45, 2.75) is 52.9 Å². The fraction of sp³-hybridized carbons (Fsp3) is 0.857. The molecule has 5 nitrogen and oxygen atoms in total. The third kappa shape index (κ3) is 6.05. The van der Waals surface area contributed by atoms with E-state index in [4.69, 9.17) is 14.6 Å². The zero-order valence-electron chi connectivity index (χ0n) is 12.2. The first-order valence-electron chi connectivity index (χ1n) is 6.98.